The van der Waals surface area contributed by atoms with Gasteiger partial charge in [0.1, 0.15) is 0 Å². The number of rotatable bonds is 7. The number of amides is 2. The SMILES string of the molecule is O=C(Cc1csc(NC(=O)c2ccccc2)n1)NCCc1ccccc1Br. The van der Waals surface area contributed by atoms with Gasteiger partial charge in [0, 0.05) is 22.0 Å². The number of carbonyl (C=O) groups excluding carboxylic acids is 2. The smallest absolute Gasteiger partial charge is 0.257 e. The highest BCUT2D eigenvalue weighted by Gasteiger charge is 2.11. The van der Waals surface area contributed by atoms with Crippen molar-refractivity contribution in [3.63, 3.8) is 0 Å². The van der Waals surface area contributed by atoms with Crippen molar-refractivity contribution in [2.75, 3.05) is 11.9 Å². The third-order valence-electron chi connectivity index (χ3n) is 3.82. The Morgan fingerprint density at radius 2 is 1.78 bits per heavy atom. The highest BCUT2D eigenvalue weighted by atomic mass is 79.9. The summed E-state index contributed by atoms with van der Waals surface area (Å²) in [7, 11) is 0. The molecule has 0 aliphatic rings. The van der Waals surface area contributed by atoms with Crippen LogP contribution >= 0.6 is 27.3 Å². The van der Waals surface area contributed by atoms with Crippen molar-refractivity contribution in [2.45, 2.75) is 12.8 Å². The van der Waals surface area contributed by atoms with Crippen LogP contribution in [0.4, 0.5) is 5.13 Å². The van der Waals surface area contributed by atoms with Crippen LogP contribution in [0.25, 0.3) is 0 Å². The van der Waals surface area contributed by atoms with Crippen LogP contribution in [-0.4, -0.2) is 23.3 Å². The first-order valence-corrected chi connectivity index (χ1v) is 10.1. The van der Waals surface area contributed by atoms with Crippen LogP contribution in [0.5, 0.6) is 0 Å². The molecule has 0 aliphatic carbocycles. The molecule has 0 bridgehead atoms. The van der Waals surface area contributed by atoms with Crippen molar-refractivity contribution in [2.24, 2.45) is 0 Å². The zero-order valence-corrected chi connectivity index (χ0v) is 16.8. The van der Waals surface area contributed by atoms with Crippen molar-refractivity contribution in [3.8, 4) is 0 Å². The van der Waals surface area contributed by atoms with Crippen molar-refractivity contribution >= 4 is 44.2 Å². The molecule has 1 heterocycles. The Bertz CT molecular complexity index is 928. The third-order valence-corrected chi connectivity index (χ3v) is 5.40. The number of anilines is 1. The fourth-order valence-electron chi connectivity index (χ4n) is 2.47. The van der Waals surface area contributed by atoms with Crippen molar-refractivity contribution in [3.05, 3.63) is 81.3 Å². The molecular weight excluding hydrogens is 426 g/mol. The van der Waals surface area contributed by atoms with Gasteiger partial charge in [0.15, 0.2) is 5.13 Å². The highest BCUT2D eigenvalue weighted by molar-refractivity contribution is 9.10. The summed E-state index contributed by atoms with van der Waals surface area (Å²) >= 11 is 4.81. The van der Waals surface area contributed by atoms with Gasteiger partial charge in [0.05, 0.1) is 12.1 Å². The number of halogens is 1. The Kier molecular flexibility index (Phi) is 6.73. The zero-order chi connectivity index (χ0) is 19.1. The molecular formula is C20H18BrN3O2S. The largest absolute Gasteiger partial charge is 0.355 e. The van der Waals surface area contributed by atoms with Crippen LogP contribution in [0.1, 0.15) is 21.6 Å². The summed E-state index contributed by atoms with van der Waals surface area (Å²) in [6, 6.07) is 16.9. The first-order chi connectivity index (χ1) is 13.1. The second-order valence-electron chi connectivity index (χ2n) is 5.83. The van der Waals surface area contributed by atoms with E-state index in [-0.39, 0.29) is 18.2 Å². The summed E-state index contributed by atoms with van der Waals surface area (Å²) < 4.78 is 1.04. The minimum atomic E-state index is -0.214. The van der Waals surface area contributed by atoms with E-state index in [1.807, 2.05) is 30.3 Å². The topological polar surface area (TPSA) is 71.1 Å². The average Bonchev–Trinajstić information content (AvgIpc) is 3.10. The minimum Gasteiger partial charge on any atom is -0.355 e. The Hall–Kier alpha value is -2.51. The van der Waals surface area contributed by atoms with Crippen LogP contribution < -0.4 is 10.6 Å². The maximum atomic E-state index is 12.1. The minimum absolute atomic E-state index is 0.0895. The van der Waals surface area contributed by atoms with Gasteiger partial charge in [0.2, 0.25) is 5.91 Å². The predicted octanol–water partition coefficient (Wildman–Crippen LogP) is 4.06. The molecule has 0 fully saturated rings. The number of carbonyl (C=O) groups is 2. The molecule has 1 aromatic heterocycles. The number of hydrogen-bond donors (Lipinski definition) is 2. The molecule has 5 nitrogen and oxygen atoms in total. The molecule has 3 rings (SSSR count). The van der Waals surface area contributed by atoms with E-state index in [4.69, 9.17) is 0 Å². The van der Waals surface area contributed by atoms with E-state index in [1.54, 1.807) is 29.6 Å². The molecule has 0 aliphatic heterocycles. The van der Waals surface area contributed by atoms with Gasteiger partial charge in [-0.15, -0.1) is 11.3 Å². The molecule has 0 saturated carbocycles. The lowest BCUT2D eigenvalue weighted by atomic mass is 10.1. The van der Waals surface area contributed by atoms with E-state index in [0.29, 0.717) is 22.9 Å². The molecule has 0 radical (unpaired) electrons. The number of hydrogen-bond acceptors (Lipinski definition) is 4. The second kappa shape index (κ2) is 9.43. The van der Waals surface area contributed by atoms with Crippen LogP contribution in [0.15, 0.2) is 64.5 Å². The normalized spacial score (nSPS) is 10.4. The van der Waals surface area contributed by atoms with Crippen molar-refractivity contribution in [1.29, 1.82) is 0 Å². The fourth-order valence-corrected chi connectivity index (χ4v) is 3.66. The van der Waals surface area contributed by atoms with Crippen molar-refractivity contribution in [1.82, 2.24) is 10.3 Å². The first kappa shape index (κ1) is 19.3. The van der Waals surface area contributed by atoms with Gasteiger partial charge in [0.25, 0.3) is 5.91 Å². The lowest BCUT2D eigenvalue weighted by Gasteiger charge is -2.06. The van der Waals surface area contributed by atoms with Gasteiger partial charge >= 0.3 is 0 Å². The summed E-state index contributed by atoms with van der Waals surface area (Å²) in [6.07, 6.45) is 0.941. The van der Waals surface area contributed by atoms with E-state index >= 15 is 0 Å². The highest BCUT2D eigenvalue weighted by Crippen LogP contribution is 2.17. The summed E-state index contributed by atoms with van der Waals surface area (Å²) in [5.41, 5.74) is 2.36. The van der Waals surface area contributed by atoms with Crippen LogP contribution in [0, 0.1) is 0 Å². The summed E-state index contributed by atoms with van der Waals surface area (Å²) in [6.45, 7) is 0.559. The molecule has 2 amide bonds. The quantitative estimate of drug-likeness (QED) is 0.578. The third kappa shape index (κ3) is 5.74. The van der Waals surface area contributed by atoms with Gasteiger partial charge in [-0.2, -0.15) is 0 Å². The number of nitrogens with one attached hydrogen (secondary N) is 2. The van der Waals surface area contributed by atoms with Crippen molar-refractivity contribution < 1.29 is 9.59 Å². The van der Waals surface area contributed by atoms with E-state index in [0.717, 1.165) is 16.5 Å². The van der Waals surface area contributed by atoms with Crippen LogP contribution in [0.3, 0.4) is 0 Å². The Labute approximate surface area is 170 Å². The summed E-state index contributed by atoms with van der Waals surface area (Å²) in [5, 5.41) is 7.93. The molecule has 0 atom stereocenters. The second-order valence-corrected chi connectivity index (χ2v) is 7.54. The van der Waals surface area contributed by atoms with Crippen LogP contribution in [-0.2, 0) is 17.6 Å². The van der Waals surface area contributed by atoms with E-state index in [9.17, 15) is 9.59 Å². The van der Waals surface area contributed by atoms with Crippen LogP contribution in [0.2, 0.25) is 0 Å². The Morgan fingerprint density at radius 1 is 1.04 bits per heavy atom. The molecule has 0 spiro atoms. The summed E-state index contributed by atoms with van der Waals surface area (Å²) in [4.78, 5) is 28.5. The molecule has 2 N–H and O–H groups in total. The van der Waals surface area contributed by atoms with E-state index in [1.165, 1.54) is 11.3 Å². The number of nitrogens with zero attached hydrogens (tertiary/aromatic N) is 1. The average molecular weight is 444 g/mol. The molecule has 7 heteroatoms. The Morgan fingerprint density at radius 3 is 2.56 bits per heavy atom. The number of benzene rings is 2. The molecule has 2 aromatic carbocycles. The molecule has 3 aromatic rings. The monoisotopic (exact) mass is 443 g/mol. The lowest BCUT2D eigenvalue weighted by molar-refractivity contribution is -0.120. The fraction of sp³-hybridized carbons (Fsp3) is 0.150. The lowest BCUT2D eigenvalue weighted by Crippen LogP contribution is -2.27. The standard InChI is InChI=1S/C20H18BrN3O2S/c21-17-9-5-4-6-14(17)10-11-22-18(25)12-16-13-27-20(23-16)24-19(26)15-7-2-1-3-8-15/h1-9,13H,10-12H2,(H,22,25)(H,23,24,26). The van der Waals surface area contributed by atoms with E-state index < -0.39 is 0 Å². The molecule has 0 unspecified atom stereocenters. The van der Waals surface area contributed by atoms with Gasteiger partial charge in [-0.3, -0.25) is 14.9 Å². The van der Waals surface area contributed by atoms with Gasteiger partial charge in [-0.25, -0.2) is 4.98 Å². The first-order valence-electron chi connectivity index (χ1n) is 8.43. The summed E-state index contributed by atoms with van der Waals surface area (Å²) in [5.74, 6) is -0.303. The number of aromatic nitrogens is 1. The number of thiazole rings is 1. The van der Waals surface area contributed by atoms with Gasteiger partial charge in [-0.1, -0.05) is 52.3 Å². The van der Waals surface area contributed by atoms with Gasteiger partial charge < -0.3 is 5.32 Å². The maximum absolute atomic E-state index is 12.1. The zero-order valence-electron chi connectivity index (χ0n) is 14.4. The van der Waals surface area contributed by atoms with E-state index in [2.05, 4.69) is 31.5 Å². The molecule has 0 saturated heterocycles. The predicted molar refractivity (Wildman–Crippen MR) is 111 cm³/mol. The maximum Gasteiger partial charge on any atom is 0.257 e. The van der Waals surface area contributed by atoms with Gasteiger partial charge in [-0.05, 0) is 30.2 Å². The molecule has 138 valence electrons. The molecule has 27 heavy (non-hydrogen) atoms. The Balaban J connectivity index is 1.46.